The molecule has 0 radical (unpaired) electrons. The summed E-state index contributed by atoms with van der Waals surface area (Å²) >= 11 is 0. The van der Waals surface area contributed by atoms with E-state index < -0.39 is 0 Å². The van der Waals surface area contributed by atoms with Crippen molar-refractivity contribution in [1.82, 2.24) is 4.90 Å². The first-order valence-corrected chi connectivity index (χ1v) is 7.46. The molecule has 2 aromatic carbocycles. The first-order chi connectivity index (χ1) is 12.1. The zero-order valence-electron chi connectivity index (χ0n) is 13.4. The molecular formula is C17H16N2O6. The van der Waals surface area contributed by atoms with Gasteiger partial charge in [-0.1, -0.05) is 12.1 Å². The Bertz CT molecular complexity index is 836. The SMILES string of the molecule is Cc1cc(C(=O)N2Cc3cccc(NC=O)c3C2)c(OO)cc1OO. The number of nitrogens with zero attached hydrogens (tertiary/aromatic N) is 1. The Morgan fingerprint density at radius 3 is 2.64 bits per heavy atom. The molecule has 130 valence electrons. The molecule has 0 aromatic heterocycles. The summed E-state index contributed by atoms with van der Waals surface area (Å²) in [5, 5.41) is 20.5. The molecule has 0 atom stereocenters. The van der Waals surface area contributed by atoms with E-state index in [1.807, 2.05) is 6.07 Å². The summed E-state index contributed by atoms with van der Waals surface area (Å²) in [7, 11) is 0. The Morgan fingerprint density at radius 1 is 1.20 bits per heavy atom. The monoisotopic (exact) mass is 344 g/mol. The van der Waals surface area contributed by atoms with E-state index >= 15 is 0 Å². The van der Waals surface area contributed by atoms with Crippen molar-refractivity contribution in [3.63, 3.8) is 0 Å². The summed E-state index contributed by atoms with van der Waals surface area (Å²) in [5.74, 6) is -0.408. The number of carbonyl (C=O) groups is 2. The number of rotatable bonds is 5. The number of hydrogen-bond donors (Lipinski definition) is 3. The van der Waals surface area contributed by atoms with Crippen LogP contribution >= 0.6 is 0 Å². The summed E-state index contributed by atoms with van der Waals surface area (Å²) in [6.07, 6.45) is 0.592. The number of benzene rings is 2. The standard InChI is InChI=1S/C17H16N2O6/c1-10-5-12(16(25-23)6-15(10)24-22)17(21)19-7-11-3-2-4-14(18-9-20)13(11)8-19/h2-6,9,22-23H,7-8H2,1H3,(H,18,20). The molecule has 0 aliphatic carbocycles. The first-order valence-electron chi connectivity index (χ1n) is 7.46. The number of carbonyl (C=O) groups excluding carboxylic acids is 2. The number of amides is 2. The van der Waals surface area contributed by atoms with Gasteiger partial charge in [0, 0.05) is 30.4 Å². The van der Waals surface area contributed by atoms with E-state index in [9.17, 15) is 9.59 Å². The van der Waals surface area contributed by atoms with Crippen LogP contribution < -0.4 is 15.1 Å². The molecule has 1 heterocycles. The Hall–Kier alpha value is -3.10. The fraction of sp³-hybridized carbons (Fsp3) is 0.176. The molecule has 8 heteroatoms. The average molecular weight is 344 g/mol. The van der Waals surface area contributed by atoms with Gasteiger partial charge < -0.3 is 20.0 Å². The molecule has 25 heavy (non-hydrogen) atoms. The number of fused-ring (bicyclic) bond motifs is 1. The second kappa shape index (κ2) is 6.80. The molecule has 8 nitrogen and oxygen atoms in total. The highest BCUT2D eigenvalue weighted by atomic mass is 17.1. The number of aryl methyl sites for hydroxylation is 1. The minimum atomic E-state index is -0.357. The van der Waals surface area contributed by atoms with Crippen LogP contribution in [0.3, 0.4) is 0 Å². The van der Waals surface area contributed by atoms with Crippen LogP contribution in [0.1, 0.15) is 27.0 Å². The van der Waals surface area contributed by atoms with Crippen molar-refractivity contribution in [3.05, 3.63) is 52.6 Å². The van der Waals surface area contributed by atoms with E-state index in [0.717, 1.165) is 11.1 Å². The van der Waals surface area contributed by atoms with Gasteiger partial charge >= 0.3 is 0 Å². The van der Waals surface area contributed by atoms with E-state index in [4.69, 9.17) is 10.5 Å². The fourth-order valence-electron chi connectivity index (χ4n) is 2.94. The van der Waals surface area contributed by atoms with Crippen LogP contribution in [-0.4, -0.2) is 27.7 Å². The molecule has 0 bridgehead atoms. The van der Waals surface area contributed by atoms with Gasteiger partial charge in [-0.25, -0.2) is 10.5 Å². The van der Waals surface area contributed by atoms with E-state index in [1.165, 1.54) is 12.1 Å². The van der Waals surface area contributed by atoms with Crippen molar-refractivity contribution in [3.8, 4) is 11.5 Å². The second-order valence-electron chi connectivity index (χ2n) is 5.66. The van der Waals surface area contributed by atoms with Crippen LogP contribution in [0.25, 0.3) is 0 Å². The summed E-state index contributed by atoms with van der Waals surface area (Å²) in [4.78, 5) is 33.6. The molecule has 1 aliphatic rings. The lowest BCUT2D eigenvalue weighted by atomic mass is 10.1. The maximum absolute atomic E-state index is 12.9. The van der Waals surface area contributed by atoms with Crippen LogP contribution in [0.2, 0.25) is 0 Å². The highest BCUT2D eigenvalue weighted by Crippen LogP contribution is 2.33. The van der Waals surface area contributed by atoms with Gasteiger partial charge in [0.15, 0.2) is 11.5 Å². The number of hydrogen-bond acceptors (Lipinski definition) is 6. The molecular weight excluding hydrogens is 328 g/mol. The molecule has 3 N–H and O–H groups in total. The van der Waals surface area contributed by atoms with Crippen LogP contribution in [0.5, 0.6) is 11.5 Å². The van der Waals surface area contributed by atoms with Gasteiger partial charge in [-0.2, -0.15) is 0 Å². The Morgan fingerprint density at radius 2 is 1.96 bits per heavy atom. The largest absolute Gasteiger partial charge is 0.340 e. The zero-order valence-corrected chi connectivity index (χ0v) is 13.4. The molecule has 0 fully saturated rings. The van der Waals surface area contributed by atoms with Gasteiger partial charge in [0.25, 0.3) is 5.91 Å². The van der Waals surface area contributed by atoms with Crippen molar-refractivity contribution >= 4 is 18.0 Å². The van der Waals surface area contributed by atoms with Crippen LogP contribution in [0.15, 0.2) is 30.3 Å². The quantitative estimate of drug-likeness (QED) is 0.437. The van der Waals surface area contributed by atoms with Crippen molar-refractivity contribution in [2.45, 2.75) is 20.0 Å². The third-order valence-corrected chi connectivity index (χ3v) is 4.19. The highest BCUT2D eigenvalue weighted by Gasteiger charge is 2.28. The topological polar surface area (TPSA) is 108 Å². The smallest absolute Gasteiger partial charge is 0.258 e. The summed E-state index contributed by atoms with van der Waals surface area (Å²) in [6, 6.07) is 8.15. The summed E-state index contributed by atoms with van der Waals surface area (Å²) in [6.45, 7) is 2.33. The van der Waals surface area contributed by atoms with Gasteiger partial charge in [-0.15, -0.1) is 0 Å². The lowest BCUT2D eigenvalue weighted by Gasteiger charge is -2.18. The molecule has 0 saturated heterocycles. The predicted octanol–water partition coefficient (Wildman–Crippen LogP) is 2.42. The van der Waals surface area contributed by atoms with E-state index in [-0.39, 0.29) is 23.0 Å². The van der Waals surface area contributed by atoms with Crippen LogP contribution in [-0.2, 0) is 17.9 Å². The van der Waals surface area contributed by atoms with Crippen LogP contribution in [0.4, 0.5) is 5.69 Å². The lowest BCUT2D eigenvalue weighted by Crippen LogP contribution is -2.26. The Kier molecular flexibility index (Phi) is 4.55. The fourth-order valence-corrected chi connectivity index (χ4v) is 2.94. The summed E-state index contributed by atoms with van der Waals surface area (Å²) < 4.78 is 0. The van der Waals surface area contributed by atoms with Gasteiger partial charge in [-0.3, -0.25) is 9.59 Å². The molecule has 2 amide bonds. The third-order valence-electron chi connectivity index (χ3n) is 4.19. The summed E-state index contributed by atoms with van der Waals surface area (Å²) in [5.41, 5.74) is 3.09. The van der Waals surface area contributed by atoms with Gasteiger partial charge in [-0.05, 0) is 30.2 Å². The third kappa shape index (κ3) is 3.00. The molecule has 1 aliphatic heterocycles. The molecule has 0 spiro atoms. The average Bonchev–Trinajstić information content (AvgIpc) is 3.06. The molecule has 0 saturated carbocycles. The van der Waals surface area contributed by atoms with Gasteiger partial charge in [0.2, 0.25) is 6.41 Å². The normalized spacial score (nSPS) is 12.5. The molecule has 2 aromatic rings. The van der Waals surface area contributed by atoms with Crippen molar-refractivity contribution in [2.75, 3.05) is 5.32 Å². The zero-order chi connectivity index (χ0) is 18.0. The van der Waals surface area contributed by atoms with Crippen LogP contribution in [0, 0.1) is 6.92 Å². The van der Waals surface area contributed by atoms with Gasteiger partial charge in [0.1, 0.15) is 0 Å². The molecule has 3 rings (SSSR count). The predicted molar refractivity (Wildman–Crippen MR) is 87.4 cm³/mol. The van der Waals surface area contributed by atoms with Crippen molar-refractivity contribution in [2.24, 2.45) is 0 Å². The lowest BCUT2D eigenvalue weighted by molar-refractivity contribution is -0.145. The number of anilines is 1. The highest BCUT2D eigenvalue weighted by molar-refractivity contribution is 5.98. The van der Waals surface area contributed by atoms with E-state index in [0.29, 0.717) is 30.8 Å². The van der Waals surface area contributed by atoms with Crippen molar-refractivity contribution < 1.29 is 29.9 Å². The second-order valence-corrected chi connectivity index (χ2v) is 5.66. The minimum absolute atomic E-state index is 0.0720. The Labute approximate surface area is 143 Å². The maximum atomic E-state index is 12.9. The Balaban J connectivity index is 1.92. The minimum Gasteiger partial charge on any atom is -0.340 e. The molecule has 0 unspecified atom stereocenters. The van der Waals surface area contributed by atoms with Gasteiger partial charge in [0.05, 0.1) is 5.56 Å². The van der Waals surface area contributed by atoms with E-state index in [2.05, 4.69) is 15.1 Å². The van der Waals surface area contributed by atoms with E-state index in [1.54, 1.807) is 24.0 Å². The van der Waals surface area contributed by atoms with Crippen molar-refractivity contribution in [1.29, 1.82) is 0 Å². The first kappa shape index (κ1) is 16.7. The maximum Gasteiger partial charge on any atom is 0.258 e. The number of nitrogens with one attached hydrogen (secondary N) is 1.